The van der Waals surface area contributed by atoms with E-state index in [1.165, 1.54) is 31.6 Å². The fraction of sp³-hybridized carbons (Fsp3) is 0.682. The van der Waals surface area contributed by atoms with Crippen LogP contribution in [0.5, 0.6) is 5.88 Å². The van der Waals surface area contributed by atoms with Crippen LogP contribution in [0.4, 0.5) is 4.39 Å². The molecule has 0 amide bonds. The predicted octanol–water partition coefficient (Wildman–Crippen LogP) is 1.91. The SMILES string of the molecule is COc1nc(C)nc2c1ncn2[C@@H]1O[C@H](COP(C)(=O)N[C@@H](C)C(=O)OC(C)C)C(C)(Cc2nn[nH]n2)[C@H]1F. The summed E-state index contributed by atoms with van der Waals surface area (Å²) < 4.78 is 53.4. The Balaban J connectivity index is 1.59. The average molecular weight is 570 g/mol. The predicted molar refractivity (Wildman–Crippen MR) is 135 cm³/mol. The summed E-state index contributed by atoms with van der Waals surface area (Å²) >= 11 is 0. The van der Waals surface area contributed by atoms with Crippen molar-refractivity contribution < 1.29 is 32.5 Å². The molecule has 39 heavy (non-hydrogen) atoms. The first-order valence-electron chi connectivity index (χ1n) is 12.3. The number of fused-ring (bicyclic) bond motifs is 1. The molecular weight excluding hydrogens is 536 g/mol. The maximum Gasteiger partial charge on any atom is 0.323 e. The molecule has 0 aliphatic carbocycles. The van der Waals surface area contributed by atoms with Gasteiger partial charge in [-0.2, -0.15) is 10.2 Å². The van der Waals surface area contributed by atoms with Crippen LogP contribution in [0.3, 0.4) is 0 Å². The molecule has 0 radical (unpaired) electrons. The van der Waals surface area contributed by atoms with Crippen molar-refractivity contribution in [1.29, 1.82) is 0 Å². The lowest BCUT2D eigenvalue weighted by atomic mass is 9.78. The van der Waals surface area contributed by atoms with Crippen LogP contribution >= 0.6 is 7.52 Å². The number of nitrogens with zero attached hydrogens (tertiary/aromatic N) is 7. The Bertz CT molecular complexity index is 1360. The molecule has 2 unspecified atom stereocenters. The molecule has 4 rings (SSSR count). The molecule has 0 saturated carbocycles. The highest BCUT2D eigenvalue weighted by molar-refractivity contribution is 7.56. The molecule has 1 fully saturated rings. The second-order valence-electron chi connectivity index (χ2n) is 10.0. The van der Waals surface area contributed by atoms with E-state index in [0.717, 1.165) is 0 Å². The van der Waals surface area contributed by atoms with E-state index in [4.69, 9.17) is 18.7 Å². The maximum absolute atomic E-state index is 16.4. The highest BCUT2D eigenvalue weighted by atomic mass is 31.2. The van der Waals surface area contributed by atoms with Gasteiger partial charge < -0.3 is 18.7 Å². The van der Waals surface area contributed by atoms with Crippen molar-refractivity contribution in [1.82, 2.24) is 45.2 Å². The quantitative estimate of drug-likeness (QED) is 0.253. The number of alkyl halides is 1. The van der Waals surface area contributed by atoms with Crippen LogP contribution in [-0.4, -0.2) is 90.9 Å². The van der Waals surface area contributed by atoms with Crippen molar-refractivity contribution in [3.05, 3.63) is 18.0 Å². The van der Waals surface area contributed by atoms with Crippen LogP contribution in [0.2, 0.25) is 0 Å². The molecule has 1 aliphatic heterocycles. The molecule has 0 bridgehead atoms. The zero-order chi connectivity index (χ0) is 28.5. The number of aryl methyl sites for hydroxylation is 1. The van der Waals surface area contributed by atoms with Crippen LogP contribution in [0.1, 0.15) is 45.6 Å². The molecule has 17 heteroatoms. The standard InChI is InChI=1S/C22H33FN9O6P/c1-11(2)37-21(33)12(3)29-39(7,34)36-9-14-22(5,8-15-27-30-31-28-15)17(23)20(38-14)32-10-24-16-18(32)25-13(4)26-19(16)35-6/h10-12,14,17,20H,8-9H2,1-7H3,(H,29,34)(H,27,28,30,31)/t12-,14+,17-,20+,22?,39?/m0/s1. The fourth-order valence-electron chi connectivity index (χ4n) is 4.45. The monoisotopic (exact) mass is 569 g/mol. The van der Waals surface area contributed by atoms with Gasteiger partial charge in [0.25, 0.3) is 7.52 Å². The first-order valence-corrected chi connectivity index (χ1v) is 14.4. The average Bonchev–Trinajstić information content (AvgIpc) is 3.57. The third-order valence-electron chi connectivity index (χ3n) is 6.42. The van der Waals surface area contributed by atoms with Crippen molar-refractivity contribution in [3.8, 4) is 5.88 Å². The van der Waals surface area contributed by atoms with Crippen molar-refractivity contribution in [2.45, 2.75) is 71.7 Å². The largest absolute Gasteiger partial charge is 0.479 e. The van der Waals surface area contributed by atoms with Gasteiger partial charge >= 0.3 is 5.97 Å². The van der Waals surface area contributed by atoms with Gasteiger partial charge in [0.2, 0.25) is 5.88 Å². The fourth-order valence-corrected chi connectivity index (χ4v) is 5.75. The van der Waals surface area contributed by atoms with Crippen LogP contribution in [0, 0.1) is 12.3 Å². The highest BCUT2D eigenvalue weighted by Gasteiger charge is 2.56. The second-order valence-corrected chi connectivity index (χ2v) is 12.2. The zero-order valence-corrected chi connectivity index (χ0v) is 23.7. The smallest absolute Gasteiger partial charge is 0.323 e. The molecule has 4 heterocycles. The van der Waals surface area contributed by atoms with Crippen LogP contribution in [0.15, 0.2) is 6.33 Å². The number of carbonyl (C=O) groups excluding carboxylic acids is 1. The molecule has 0 aromatic carbocycles. The van der Waals surface area contributed by atoms with Crippen molar-refractivity contribution in [3.63, 3.8) is 0 Å². The van der Waals surface area contributed by atoms with Gasteiger partial charge in [0.05, 0.1) is 32.3 Å². The Hall–Kier alpha value is -3.07. The number of H-pyrrole nitrogens is 1. The third kappa shape index (κ3) is 6.08. The Kier molecular flexibility index (Phi) is 8.30. The van der Waals surface area contributed by atoms with Crippen molar-refractivity contribution >= 4 is 24.7 Å². The zero-order valence-electron chi connectivity index (χ0n) is 22.8. The summed E-state index contributed by atoms with van der Waals surface area (Å²) in [5, 5.41) is 16.5. The summed E-state index contributed by atoms with van der Waals surface area (Å²) in [4.78, 5) is 25.1. The lowest BCUT2D eigenvalue weighted by Gasteiger charge is -2.31. The Morgan fingerprint density at radius 2 is 2.10 bits per heavy atom. The number of halogens is 1. The molecule has 6 atom stereocenters. The molecule has 214 valence electrons. The molecule has 2 N–H and O–H groups in total. The van der Waals surface area contributed by atoms with E-state index < -0.39 is 43.4 Å². The normalized spacial score (nSPS) is 25.6. The lowest BCUT2D eigenvalue weighted by molar-refractivity contribution is -0.149. The van der Waals surface area contributed by atoms with E-state index in [9.17, 15) is 9.36 Å². The minimum atomic E-state index is -3.54. The van der Waals surface area contributed by atoms with E-state index in [0.29, 0.717) is 17.0 Å². The van der Waals surface area contributed by atoms with Crippen molar-refractivity contribution in [2.24, 2.45) is 5.41 Å². The van der Waals surface area contributed by atoms with Crippen LogP contribution in [-0.2, 0) is 29.8 Å². The Labute approximate surface area is 224 Å². The van der Waals surface area contributed by atoms with Gasteiger partial charge in [-0.05, 0) is 27.7 Å². The summed E-state index contributed by atoms with van der Waals surface area (Å²) in [7, 11) is -2.08. The molecular formula is C22H33FN9O6P. The Morgan fingerprint density at radius 3 is 2.74 bits per heavy atom. The summed E-state index contributed by atoms with van der Waals surface area (Å²) in [6.45, 7) is 9.36. The molecule has 1 saturated heterocycles. The summed E-state index contributed by atoms with van der Waals surface area (Å²) in [6, 6.07) is -0.893. The first kappa shape index (κ1) is 28.9. The van der Waals surface area contributed by atoms with Gasteiger partial charge in [-0.15, -0.1) is 10.2 Å². The topological polar surface area (TPSA) is 181 Å². The molecule has 1 aliphatic rings. The number of carbonyl (C=O) groups is 1. The van der Waals surface area contributed by atoms with Gasteiger partial charge in [0.15, 0.2) is 29.4 Å². The summed E-state index contributed by atoms with van der Waals surface area (Å²) in [6.07, 6.45) is -2.58. The van der Waals surface area contributed by atoms with Crippen LogP contribution < -0.4 is 9.82 Å². The van der Waals surface area contributed by atoms with Gasteiger partial charge in [-0.25, -0.2) is 19.4 Å². The number of rotatable bonds is 11. The number of aromatic nitrogens is 8. The summed E-state index contributed by atoms with van der Waals surface area (Å²) in [5.74, 6) is 0.361. The molecule has 0 spiro atoms. The number of tetrazole rings is 1. The maximum atomic E-state index is 16.4. The highest BCUT2D eigenvalue weighted by Crippen LogP contribution is 2.50. The minimum absolute atomic E-state index is 0.0394. The lowest BCUT2D eigenvalue weighted by Crippen LogP contribution is -2.41. The number of hydrogen-bond donors (Lipinski definition) is 2. The minimum Gasteiger partial charge on any atom is -0.479 e. The second kappa shape index (κ2) is 11.2. The summed E-state index contributed by atoms with van der Waals surface area (Å²) in [5.41, 5.74) is -0.557. The third-order valence-corrected chi connectivity index (χ3v) is 7.92. The van der Waals surface area contributed by atoms with Gasteiger partial charge in [0, 0.05) is 18.5 Å². The van der Waals surface area contributed by atoms with E-state index in [1.54, 1.807) is 27.7 Å². The van der Waals surface area contributed by atoms with E-state index in [-0.39, 0.29) is 30.8 Å². The number of ether oxygens (including phenoxy) is 3. The number of nitrogens with one attached hydrogen (secondary N) is 2. The molecule has 15 nitrogen and oxygen atoms in total. The number of aromatic amines is 1. The number of hydrogen-bond acceptors (Lipinski definition) is 12. The van der Waals surface area contributed by atoms with E-state index in [1.807, 2.05) is 0 Å². The van der Waals surface area contributed by atoms with Gasteiger partial charge in [-0.1, -0.05) is 12.1 Å². The number of methoxy groups -OCH3 is 1. The number of esters is 1. The van der Waals surface area contributed by atoms with Crippen molar-refractivity contribution in [2.75, 3.05) is 20.4 Å². The van der Waals surface area contributed by atoms with E-state index >= 15 is 4.39 Å². The van der Waals surface area contributed by atoms with Crippen LogP contribution in [0.25, 0.3) is 11.2 Å². The number of imidazole rings is 1. The first-order chi connectivity index (χ1) is 18.3. The van der Waals surface area contributed by atoms with E-state index in [2.05, 4.69) is 40.7 Å². The molecule has 3 aromatic rings. The molecule has 3 aromatic heterocycles. The van der Waals surface area contributed by atoms with Gasteiger partial charge in [-0.3, -0.25) is 13.9 Å². The van der Waals surface area contributed by atoms with Gasteiger partial charge in [0.1, 0.15) is 11.9 Å². The Morgan fingerprint density at radius 1 is 1.36 bits per heavy atom.